The number of nitrogens with one attached hydrogen (secondary N) is 2. The highest BCUT2D eigenvalue weighted by Gasteiger charge is 2.19. The average Bonchev–Trinajstić information content (AvgIpc) is 3.12. The summed E-state index contributed by atoms with van der Waals surface area (Å²) in [5, 5.41) is 11.1. The molecule has 0 radical (unpaired) electrons. The minimum Gasteiger partial charge on any atom is -0.356 e. The first-order valence-corrected chi connectivity index (χ1v) is 12.9. The van der Waals surface area contributed by atoms with Crippen LogP contribution in [0.3, 0.4) is 0 Å². The van der Waals surface area contributed by atoms with E-state index in [0.717, 1.165) is 66.3 Å². The van der Waals surface area contributed by atoms with E-state index >= 15 is 0 Å². The van der Waals surface area contributed by atoms with E-state index in [-0.39, 0.29) is 5.91 Å². The predicted octanol–water partition coefficient (Wildman–Crippen LogP) is 4.86. The van der Waals surface area contributed by atoms with E-state index in [1.165, 1.54) is 37.7 Å². The Hall–Kier alpha value is -3.78. The van der Waals surface area contributed by atoms with Crippen molar-refractivity contribution in [3.8, 4) is 11.1 Å². The van der Waals surface area contributed by atoms with Crippen LogP contribution < -0.4 is 10.2 Å². The fourth-order valence-electron chi connectivity index (χ4n) is 5.06. The molecular formula is C28H31N7O. The van der Waals surface area contributed by atoms with Gasteiger partial charge in [0, 0.05) is 60.9 Å². The zero-order valence-corrected chi connectivity index (χ0v) is 20.4. The standard InChI is InChI=1S/C28H31N7O/c36-28(31-23-8-9-30-26(16-23)35-12-5-13-35)27-24-15-21(6-7-25(24)32-33-27)22-14-20(17-29-18-22)19-34-10-3-1-2-4-11-34/h6-9,14-18H,1-5,10-13,19H2,(H,32,33)(H,30,31,36). The van der Waals surface area contributed by atoms with Crippen molar-refractivity contribution in [1.82, 2.24) is 25.1 Å². The molecule has 1 aromatic carbocycles. The van der Waals surface area contributed by atoms with Crippen LogP contribution in [0.1, 0.15) is 48.2 Å². The summed E-state index contributed by atoms with van der Waals surface area (Å²) in [7, 11) is 0. The van der Waals surface area contributed by atoms with E-state index in [9.17, 15) is 4.79 Å². The van der Waals surface area contributed by atoms with Gasteiger partial charge in [0.15, 0.2) is 5.69 Å². The summed E-state index contributed by atoms with van der Waals surface area (Å²) in [6.45, 7) is 5.24. The lowest BCUT2D eigenvalue weighted by Crippen LogP contribution is -2.37. The number of amides is 1. The average molecular weight is 482 g/mol. The fourth-order valence-corrected chi connectivity index (χ4v) is 5.06. The number of aromatic nitrogens is 4. The van der Waals surface area contributed by atoms with Crippen LogP contribution in [0.5, 0.6) is 0 Å². The lowest BCUT2D eigenvalue weighted by Gasteiger charge is -2.32. The molecule has 6 rings (SSSR count). The van der Waals surface area contributed by atoms with Gasteiger partial charge in [0.25, 0.3) is 5.91 Å². The fraction of sp³-hybridized carbons (Fsp3) is 0.357. The normalized spacial score (nSPS) is 16.5. The van der Waals surface area contributed by atoms with Gasteiger partial charge in [-0.25, -0.2) is 4.98 Å². The third-order valence-electron chi connectivity index (χ3n) is 7.19. The number of aromatic amines is 1. The molecule has 0 bridgehead atoms. The molecule has 36 heavy (non-hydrogen) atoms. The molecule has 0 unspecified atom stereocenters. The molecule has 4 aromatic rings. The van der Waals surface area contributed by atoms with E-state index in [1.807, 2.05) is 36.7 Å². The third-order valence-corrected chi connectivity index (χ3v) is 7.19. The Morgan fingerprint density at radius 1 is 0.917 bits per heavy atom. The highest BCUT2D eigenvalue weighted by Crippen LogP contribution is 2.27. The molecule has 1 amide bonds. The molecular weight excluding hydrogens is 450 g/mol. The van der Waals surface area contributed by atoms with Crippen LogP contribution in [0, 0.1) is 0 Å². The maximum absolute atomic E-state index is 13.2. The van der Waals surface area contributed by atoms with Crippen LogP contribution in [0.4, 0.5) is 11.5 Å². The molecule has 2 aliphatic rings. The first kappa shape index (κ1) is 22.7. The van der Waals surface area contributed by atoms with Crippen LogP contribution in [-0.4, -0.2) is 57.2 Å². The maximum atomic E-state index is 13.2. The predicted molar refractivity (Wildman–Crippen MR) is 142 cm³/mol. The van der Waals surface area contributed by atoms with E-state index in [4.69, 9.17) is 0 Å². The van der Waals surface area contributed by atoms with Gasteiger partial charge in [0.2, 0.25) is 0 Å². The molecule has 0 saturated carbocycles. The van der Waals surface area contributed by atoms with Crippen LogP contribution in [0.25, 0.3) is 22.0 Å². The van der Waals surface area contributed by atoms with Crippen molar-refractivity contribution in [3.05, 3.63) is 66.2 Å². The summed E-state index contributed by atoms with van der Waals surface area (Å²) in [6.07, 6.45) is 12.0. The van der Waals surface area contributed by atoms with E-state index in [1.54, 1.807) is 6.20 Å². The molecule has 184 valence electrons. The number of fused-ring (bicyclic) bond motifs is 1. The number of rotatable bonds is 6. The summed E-state index contributed by atoms with van der Waals surface area (Å²) < 4.78 is 0. The number of carbonyl (C=O) groups is 1. The Kier molecular flexibility index (Phi) is 6.34. The first-order valence-electron chi connectivity index (χ1n) is 12.9. The van der Waals surface area contributed by atoms with Crippen LogP contribution in [0.15, 0.2) is 55.0 Å². The number of hydrogen-bond acceptors (Lipinski definition) is 6. The van der Waals surface area contributed by atoms with E-state index in [0.29, 0.717) is 5.69 Å². The number of anilines is 2. The molecule has 8 heteroatoms. The minimum absolute atomic E-state index is 0.243. The van der Waals surface area contributed by atoms with Gasteiger partial charge in [0.05, 0.1) is 5.52 Å². The second-order valence-corrected chi connectivity index (χ2v) is 9.80. The second kappa shape index (κ2) is 10.1. The lowest BCUT2D eigenvalue weighted by atomic mass is 10.0. The molecule has 0 atom stereocenters. The van der Waals surface area contributed by atoms with Gasteiger partial charge in [0.1, 0.15) is 5.82 Å². The van der Waals surface area contributed by atoms with Gasteiger partial charge < -0.3 is 10.2 Å². The van der Waals surface area contributed by atoms with Gasteiger partial charge in [-0.1, -0.05) is 18.9 Å². The topological polar surface area (TPSA) is 90.0 Å². The smallest absolute Gasteiger partial charge is 0.276 e. The van der Waals surface area contributed by atoms with Crippen molar-refractivity contribution >= 4 is 28.3 Å². The zero-order chi connectivity index (χ0) is 24.3. The molecule has 3 aromatic heterocycles. The number of benzene rings is 1. The monoisotopic (exact) mass is 481 g/mol. The molecule has 2 saturated heterocycles. The highest BCUT2D eigenvalue weighted by atomic mass is 16.1. The van der Waals surface area contributed by atoms with Gasteiger partial charge in [-0.3, -0.25) is 19.8 Å². The molecule has 0 spiro atoms. The quantitative estimate of drug-likeness (QED) is 0.409. The van der Waals surface area contributed by atoms with Gasteiger partial charge in [-0.2, -0.15) is 5.10 Å². The van der Waals surface area contributed by atoms with Gasteiger partial charge in [-0.15, -0.1) is 0 Å². The molecule has 2 fully saturated rings. The molecule has 8 nitrogen and oxygen atoms in total. The lowest BCUT2D eigenvalue weighted by molar-refractivity contribution is 0.102. The van der Waals surface area contributed by atoms with Crippen LogP contribution in [0.2, 0.25) is 0 Å². The molecule has 2 aliphatic heterocycles. The van der Waals surface area contributed by atoms with E-state index in [2.05, 4.69) is 47.4 Å². The summed E-state index contributed by atoms with van der Waals surface area (Å²) in [5.74, 6) is 0.646. The van der Waals surface area contributed by atoms with Crippen LogP contribution >= 0.6 is 0 Å². The minimum atomic E-state index is -0.243. The number of hydrogen-bond donors (Lipinski definition) is 2. The SMILES string of the molecule is O=C(Nc1ccnc(N2CCC2)c1)c1n[nH]c2ccc(-c3cncc(CN4CCCCCC4)c3)cc12. The number of pyridine rings is 2. The Labute approximate surface area is 210 Å². The largest absolute Gasteiger partial charge is 0.356 e. The van der Waals surface area contributed by atoms with Crippen molar-refractivity contribution < 1.29 is 4.79 Å². The Balaban J connectivity index is 1.23. The van der Waals surface area contributed by atoms with Gasteiger partial charge >= 0.3 is 0 Å². The van der Waals surface area contributed by atoms with Crippen molar-refractivity contribution in [2.24, 2.45) is 0 Å². The Bertz CT molecular complexity index is 1370. The first-order chi connectivity index (χ1) is 17.7. The summed E-state index contributed by atoms with van der Waals surface area (Å²) in [6, 6.07) is 12.0. The summed E-state index contributed by atoms with van der Waals surface area (Å²) in [4.78, 5) is 26.8. The molecule has 2 N–H and O–H groups in total. The number of nitrogens with zero attached hydrogens (tertiary/aromatic N) is 5. The van der Waals surface area contributed by atoms with Crippen molar-refractivity contribution in [2.75, 3.05) is 36.4 Å². The number of carbonyl (C=O) groups excluding carboxylic acids is 1. The van der Waals surface area contributed by atoms with Gasteiger partial charge in [-0.05, 0) is 67.7 Å². The summed E-state index contributed by atoms with van der Waals surface area (Å²) >= 11 is 0. The van der Waals surface area contributed by atoms with Crippen LogP contribution in [-0.2, 0) is 6.54 Å². The maximum Gasteiger partial charge on any atom is 0.276 e. The zero-order valence-electron chi connectivity index (χ0n) is 20.4. The number of likely N-dealkylation sites (tertiary alicyclic amines) is 1. The van der Waals surface area contributed by atoms with E-state index < -0.39 is 0 Å². The summed E-state index contributed by atoms with van der Waals surface area (Å²) in [5.41, 5.74) is 5.21. The Morgan fingerprint density at radius 2 is 1.78 bits per heavy atom. The molecule has 0 aliphatic carbocycles. The second-order valence-electron chi connectivity index (χ2n) is 9.80. The third kappa shape index (κ3) is 4.81. The number of H-pyrrole nitrogens is 1. The molecule has 5 heterocycles. The van der Waals surface area contributed by atoms with Crippen molar-refractivity contribution in [1.29, 1.82) is 0 Å². The Morgan fingerprint density at radius 3 is 2.58 bits per heavy atom. The van der Waals surface area contributed by atoms with Crippen molar-refractivity contribution in [3.63, 3.8) is 0 Å². The van der Waals surface area contributed by atoms with Crippen molar-refractivity contribution in [2.45, 2.75) is 38.6 Å². The highest BCUT2D eigenvalue weighted by molar-refractivity contribution is 6.11.